The summed E-state index contributed by atoms with van der Waals surface area (Å²) in [6, 6.07) is 12.8. The van der Waals surface area contributed by atoms with Crippen LogP contribution in [0.4, 0.5) is 5.69 Å². The number of benzene rings is 2. The Morgan fingerprint density at radius 1 is 1.18 bits per heavy atom. The number of hydrogen-bond donors (Lipinski definition) is 1. The molecular weight excluding hydrogens is 376 g/mol. The molecule has 4 rings (SSSR count). The molecule has 6 heteroatoms. The third-order valence-electron chi connectivity index (χ3n) is 4.93. The van der Waals surface area contributed by atoms with Gasteiger partial charge in [-0.1, -0.05) is 35.9 Å². The number of anilines is 1. The summed E-state index contributed by atoms with van der Waals surface area (Å²) in [5.74, 6) is -0.900. The number of rotatable bonds is 4. The molecular formula is C22H19ClN2O3. The summed E-state index contributed by atoms with van der Waals surface area (Å²) in [7, 11) is 0. The lowest BCUT2D eigenvalue weighted by molar-refractivity contribution is -0.119. The molecule has 5 nitrogen and oxygen atoms in total. The van der Waals surface area contributed by atoms with Crippen LogP contribution in [0.3, 0.4) is 0 Å². The maximum Gasteiger partial charge on any atom is 0.339 e. The number of halogens is 1. The number of ether oxygens (including phenoxy) is 1. The van der Waals surface area contributed by atoms with Gasteiger partial charge >= 0.3 is 5.97 Å². The number of fused-ring (bicyclic) bond motifs is 2. The van der Waals surface area contributed by atoms with E-state index in [0.29, 0.717) is 16.3 Å². The van der Waals surface area contributed by atoms with Gasteiger partial charge in [0.05, 0.1) is 11.1 Å². The van der Waals surface area contributed by atoms with E-state index in [1.165, 1.54) is 0 Å². The fourth-order valence-electron chi connectivity index (χ4n) is 3.56. The van der Waals surface area contributed by atoms with Crippen LogP contribution in [0.15, 0.2) is 42.5 Å². The van der Waals surface area contributed by atoms with Crippen LogP contribution in [0, 0.1) is 6.92 Å². The number of aromatic nitrogens is 1. The number of aryl methyl sites for hydroxylation is 2. The summed E-state index contributed by atoms with van der Waals surface area (Å²) in [5, 5.41) is 4.02. The minimum absolute atomic E-state index is 0.365. The zero-order valence-electron chi connectivity index (χ0n) is 15.4. The van der Waals surface area contributed by atoms with E-state index in [1.54, 1.807) is 12.1 Å². The summed E-state index contributed by atoms with van der Waals surface area (Å²) in [6.07, 6.45) is 2.62. The van der Waals surface area contributed by atoms with Gasteiger partial charge in [-0.3, -0.25) is 9.78 Å². The van der Waals surface area contributed by atoms with E-state index in [-0.39, 0.29) is 6.61 Å². The van der Waals surface area contributed by atoms with E-state index in [2.05, 4.69) is 10.3 Å². The van der Waals surface area contributed by atoms with Crippen molar-refractivity contribution in [3.8, 4) is 0 Å². The van der Waals surface area contributed by atoms with Gasteiger partial charge in [-0.2, -0.15) is 0 Å². The van der Waals surface area contributed by atoms with Gasteiger partial charge in [0, 0.05) is 21.8 Å². The van der Waals surface area contributed by atoms with Crippen molar-refractivity contribution in [3.05, 3.63) is 69.9 Å². The van der Waals surface area contributed by atoms with Crippen LogP contribution in [0.1, 0.15) is 33.6 Å². The molecule has 1 aliphatic rings. The Balaban J connectivity index is 1.53. The molecule has 28 heavy (non-hydrogen) atoms. The highest BCUT2D eigenvalue weighted by Crippen LogP contribution is 2.30. The second-order valence-electron chi connectivity index (χ2n) is 6.87. The quantitative estimate of drug-likeness (QED) is 0.662. The van der Waals surface area contributed by atoms with Gasteiger partial charge in [0.2, 0.25) is 0 Å². The largest absolute Gasteiger partial charge is 0.452 e. The van der Waals surface area contributed by atoms with Gasteiger partial charge in [0.25, 0.3) is 5.91 Å². The summed E-state index contributed by atoms with van der Waals surface area (Å²) >= 11 is 5.97. The minimum Gasteiger partial charge on any atom is -0.452 e. The zero-order chi connectivity index (χ0) is 19.7. The SMILES string of the molecule is Cc1ccc(Cl)cc1NC(=O)COC(=O)c1c2c(nc3ccccc13)CCC2. The highest BCUT2D eigenvalue weighted by molar-refractivity contribution is 6.31. The molecule has 1 aromatic heterocycles. The van der Waals surface area contributed by atoms with Gasteiger partial charge in [0.1, 0.15) is 0 Å². The van der Waals surface area contributed by atoms with Gasteiger partial charge in [-0.05, 0) is 55.5 Å². The van der Waals surface area contributed by atoms with Crippen LogP contribution in [0.25, 0.3) is 10.9 Å². The second kappa shape index (κ2) is 7.60. The smallest absolute Gasteiger partial charge is 0.339 e. The number of esters is 1. The molecule has 1 N–H and O–H groups in total. The van der Waals surface area contributed by atoms with Crippen molar-refractivity contribution in [1.82, 2.24) is 4.98 Å². The van der Waals surface area contributed by atoms with Crippen LogP contribution in [0.5, 0.6) is 0 Å². The Hall–Kier alpha value is -2.92. The topological polar surface area (TPSA) is 68.3 Å². The molecule has 1 aliphatic carbocycles. The average molecular weight is 395 g/mol. The maximum atomic E-state index is 12.8. The zero-order valence-corrected chi connectivity index (χ0v) is 16.2. The van der Waals surface area contributed by atoms with E-state index in [4.69, 9.17) is 16.3 Å². The number of para-hydroxylation sites is 1. The van der Waals surface area contributed by atoms with Crippen molar-refractivity contribution >= 4 is 40.1 Å². The molecule has 0 fully saturated rings. The number of nitrogens with zero attached hydrogens (tertiary/aromatic N) is 1. The first-order chi connectivity index (χ1) is 13.5. The van der Waals surface area contributed by atoms with Gasteiger partial charge in [-0.25, -0.2) is 4.79 Å². The number of carbonyl (C=O) groups excluding carboxylic acids is 2. The molecule has 0 saturated carbocycles. The summed E-state index contributed by atoms with van der Waals surface area (Å²) in [5.41, 5.74) is 4.67. The van der Waals surface area contributed by atoms with E-state index in [1.807, 2.05) is 37.3 Å². The van der Waals surface area contributed by atoms with Crippen LogP contribution in [-0.4, -0.2) is 23.5 Å². The number of carbonyl (C=O) groups is 2. The molecule has 0 spiro atoms. The highest BCUT2D eigenvalue weighted by Gasteiger charge is 2.25. The Bertz CT molecular complexity index is 1090. The van der Waals surface area contributed by atoms with Gasteiger partial charge in [-0.15, -0.1) is 0 Å². The molecule has 0 aliphatic heterocycles. The summed E-state index contributed by atoms with van der Waals surface area (Å²) in [6.45, 7) is 1.50. The van der Waals surface area contributed by atoms with E-state index in [9.17, 15) is 9.59 Å². The maximum absolute atomic E-state index is 12.8. The van der Waals surface area contributed by atoms with E-state index < -0.39 is 11.9 Å². The predicted octanol–water partition coefficient (Wildman–Crippen LogP) is 4.48. The molecule has 3 aromatic rings. The first-order valence-corrected chi connectivity index (χ1v) is 9.54. The molecule has 0 unspecified atom stereocenters. The lowest BCUT2D eigenvalue weighted by Gasteiger charge is -2.13. The normalized spacial score (nSPS) is 12.6. The number of pyridine rings is 1. The molecule has 0 atom stereocenters. The fraction of sp³-hybridized carbons (Fsp3) is 0.227. The molecule has 0 bridgehead atoms. The molecule has 0 radical (unpaired) electrons. The van der Waals surface area contributed by atoms with Crippen molar-refractivity contribution in [2.45, 2.75) is 26.2 Å². The number of amides is 1. The average Bonchev–Trinajstić information content (AvgIpc) is 3.15. The van der Waals surface area contributed by atoms with Crippen molar-refractivity contribution in [1.29, 1.82) is 0 Å². The van der Waals surface area contributed by atoms with Crippen molar-refractivity contribution in [2.75, 3.05) is 11.9 Å². The fourth-order valence-corrected chi connectivity index (χ4v) is 3.73. The molecule has 0 saturated heterocycles. The van der Waals surface area contributed by atoms with Crippen molar-refractivity contribution in [3.63, 3.8) is 0 Å². The van der Waals surface area contributed by atoms with Crippen molar-refractivity contribution < 1.29 is 14.3 Å². The Labute approximate surface area is 167 Å². The van der Waals surface area contributed by atoms with Crippen LogP contribution < -0.4 is 5.32 Å². The van der Waals surface area contributed by atoms with Gasteiger partial charge < -0.3 is 10.1 Å². The predicted molar refractivity (Wildman–Crippen MR) is 109 cm³/mol. The Kier molecular flexibility index (Phi) is 5.01. The lowest BCUT2D eigenvalue weighted by Crippen LogP contribution is -2.22. The first kappa shape index (κ1) is 18.4. The third-order valence-corrected chi connectivity index (χ3v) is 5.17. The monoisotopic (exact) mass is 394 g/mol. The number of hydrogen-bond acceptors (Lipinski definition) is 4. The van der Waals surface area contributed by atoms with Crippen molar-refractivity contribution in [2.24, 2.45) is 0 Å². The van der Waals surface area contributed by atoms with Gasteiger partial charge in [0.15, 0.2) is 6.61 Å². The highest BCUT2D eigenvalue weighted by atomic mass is 35.5. The minimum atomic E-state index is -0.491. The summed E-state index contributed by atoms with van der Waals surface area (Å²) < 4.78 is 5.35. The Morgan fingerprint density at radius 2 is 2.00 bits per heavy atom. The number of nitrogens with one attached hydrogen (secondary N) is 1. The summed E-state index contributed by atoms with van der Waals surface area (Å²) in [4.78, 5) is 29.8. The third kappa shape index (κ3) is 3.58. The van der Waals surface area contributed by atoms with Crippen LogP contribution >= 0.6 is 11.6 Å². The lowest BCUT2D eigenvalue weighted by atomic mass is 10.0. The molecule has 1 amide bonds. The van der Waals surface area contributed by atoms with Crippen LogP contribution in [-0.2, 0) is 22.4 Å². The molecule has 2 aromatic carbocycles. The Morgan fingerprint density at radius 3 is 2.86 bits per heavy atom. The van der Waals surface area contributed by atoms with E-state index >= 15 is 0 Å². The van der Waals surface area contributed by atoms with E-state index in [0.717, 1.165) is 47.0 Å². The standard InChI is InChI=1S/C22H19ClN2O3/c1-13-9-10-14(23)11-19(13)25-20(26)12-28-22(27)21-15-5-2-3-7-17(15)24-18-8-4-6-16(18)21/h2-3,5,7,9-11H,4,6,8,12H2,1H3,(H,25,26). The second-order valence-corrected chi connectivity index (χ2v) is 7.30. The molecule has 1 heterocycles. The molecule has 142 valence electrons. The first-order valence-electron chi connectivity index (χ1n) is 9.16. The van der Waals surface area contributed by atoms with Crippen LogP contribution in [0.2, 0.25) is 5.02 Å².